The molecule has 1 N–H and O–H groups in total. The standard InChI is InChI=1S/C16H18FN/c1-12-6-3-4-9-15(12)16(18-2)11-13-7-5-8-14(17)10-13/h3-10,16,18H,11H2,1-2H3. The predicted octanol–water partition coefficient (Wildman–Crippen LogP) is 3.64. The molecule has 0 aliphatic heterocycles. The van der Waals surface area contributed by atoms with E-state index >= 15 is 0 Å². The van der Waals surface area contributed by atoms with Crippen LogP contribution >= 0.6 is 0 Å². The normalized spacial score (nSPS) is 12.4. The van der Waals surface area contributed by atoms with E-state index in [2.05, 4.69) is 24.4 Å². The first-order chi connectivity index (χ1) is 8.70. The molecule has 2 aromatic rings. The van der Waals surface area contributed by atoms with Crippen molar-refractivity contribution in [3.8, 4) is 0 Å². The maximum absolute atomic E-state index is 13.2. The van der Waals surface area contributed by atoms with E-state index in [1.54, 1.807) is 12.1 Å². The summed E-state index contributed by atoms with van der Waals surface area (Å²) in [6.07, 6.45) is 0.791. The quantitative estimate of drug-likeness (QED) is 0.864. The minimum Gasteiger partial charge on any atom is -0.313 e. The smallest absolute Gasteiger partial charge is 0.123 e. The molecule has 0 radical (unpaired) electrons. The van der Waals surface area contributed by atoms with Gasteiger partial charge in [-0.2, -0.15) is 0 Å². The molecule has 1 atom stereocenters. The molecule has 0 fully saturated rings. The van der Waals surface area contributed by atoms with Crippen molar-refractivity contribution in [2.45, 2.75) is 19.4 Å². The van der Waals surface area contributed by atoms with Crippen molar-refractivity contribution in [2.75, 3.05) is 7.05 Å². The van der Waals surface area contributed by atoms with Crippen LogP contribution in [-0.2, 0) is 6.42 Å². The first-order valence-electron chi connectivity index (χ1n) is 6.18. The SMILES string of the molecule is CNC(Cc1cccc(F)c1)c1ccccc1C. The molecule has 2 aromatic carbocycles. The van der Waals surface area contributed by atoms with Gasteiger partial charge in [-0.1, -0.05) is 36.4 Å². The lowest BCUT2D eigenvalue weighted by atomic mass is 9.95. The Bertz CT molecular complexity index is 522. The van der Waals surface area contributed by atoms with Crippen molar-refractivity contribution in [3.63, 3.8) is 0 Å². The van der Waals surface area contributed by atoms with Gasteiger partial charge in [0.1, 0.15) is 5.82 Å². The maximum Gasteiger partial charge on any atom is 0.123 e. The Morgan fingerprint density at radius 1 is 1.11 bits per heavy atom. The summed E-state index contributed by atoms with van der Waals surface area (Å²) in [4.78, 5) is 0. The van der Waals surface area contributed by atoms with Crippen LogP contribution in [0, 0.1) is 12.7 Å². The lowest BCUT2D eigenvalue weighted by molar-refractivity contribution is 0.581. The van der Waals surface area contributed by atoms with Crippen LogP contribution in [0.1, 0.15) is 22.7 Å². The monoisotopic (exact) mass is 243 g/mol. The third-order valence-electron chi connectivity index (χ3n) is 3.24. The highest BCUT2D eigenvalue weighted by Gasteiger charge is 2.12. The molecule has 0 aromatic heterocycles. The zero-order valence-corrected chi connectivity index (χ0v) is 10.8. The number of benzene rings is 2. The summed E-state index contributed by atoms with van der Waals surface area (Å²) in [6, 6.07) is 15.3. The van der Waals surface area contributed by atoms with Gasteiger partial charge in [0.25, 0.3) is 0 Å². The minimum atomic E-state index is -0.174. The van der Waals surface area contributed by atoms with E-state index < -0.39 is 0 Å². The van der Waals surface area contributed by atoms with Crippen molar-refractivity contribution in [1.82, 2.24) is 5.32 Å². The second kappa shape index (κ2) is 5.78. The summed E-state index contributed by atoms with van der Waals surface area (Å²) in [7, 11) is 1.94. The van der Waals surface area contributed by atoms with E-state index in [0.717, 1.165) is 12.0 Å². The second-order valence-electron chi connectivity index (χ2n) is 4.53. The number of halogens is 1. The minimum absolute atomic E-state index is 0.174. The Morgan fingerprint density at radius 3 is 2.56 bits per heavy atom. The Kier molecular flexibility index (Phi) is 4.11. The third kappa shape index (κ3) is 2.96. The topological polar surface area (TPSA) is 12.0 Å². The predicted molar refractivity (Wildman–Crippen MR) is 73.1 cm³/mol. The van der Waals surface area contributed by atoms with Gasteiger partial charge >= 0.3 is 0 Å². The molecule has 1 unspecified atom stereocenters. The van der Waals surface area contributed by atoms with E-state index in [0.29, 0.717) is 0 Å². The zero-order valence-electron chi connectivity index (χ0n) is 10.8. The van der Waals surface area contributed by atoms with Crippen LogP contribution in [0.3, 0.4) is 0 Å². The number of aryl methyl sites for hydroxylation is 1. The van der Waals surface area contributed by atoms with Crippen LogP contribution in [-0.4, -0.2) is 7.05 Å². The molecule has 0 aliphatic rings. The number of likely N-dealkylation sites (N-methyl/N-ethyl adjacent to an activating group) is 1. The van der Waals surface area contributed by atoms with Gasteiger partial charge in [0, 0.05) is 6.04 Å². The van der Waals surface area contributed by atoms with Gasteiger partial charge in [-0.15, -0.1) is 0 Å². The summed E-state index contributed by atoms with van der Waals surface area (Å²) >= 11 is 0. The van der Waals surface area contributed by atoms with Crippen LogP contribution in [0.4, 0.5) is 4.39 Å². The summed E-state index contributed by atoms with van der Waals surface area (Å²) in [5.74, 6) is -0.174. The van der Waals surface area contributed by atoms with Crippen molar-refractivity contribution in [1.29, 1.82) is 0 Å². The molecule has 0 aliphatic carbocycles. The molecule has 0 spiro atoms. The lowest BCUT2D eigenvalue weighted by Crippen LogP contribution is -2.19. The fourth-order valence-corrected chi connectivity index (χ4v) is 2.24. The molecule has 2 heteroatoms. The Morgan fingerprint density at radius 2 is 1.89 bits per heavy atom. The van der Waals surface area contributed by atoms with Gasteiger partial charge < -0.3 is 5.32 Å². The largest absolute Gasteiger partial charge is 0.313 e. The van der Waals surface area contributed by atoms with Gasteiger partial charge in [0.15, 0.2) is 0 Å². The van der Waals surface area contributed by atoms with E-state index in [4.69, 9.17) is 0 Å². The van der Waals surface area contributed by atoms with Crippen molar-refractivity contribution in [3.05, 3.63) is 71.0 Å². The summed E-state index contributed by atoms with van der Waals surface area (Å²) in [5.41, 5.74) is 3.54. The number of rotatable bonds is 4. The molecule has 2 rings (SSSR count). The van der Waals surface area contributed by atoms with Crippen LogP contribution in [0.25, 0.3) is 0 Å². The molecule has 0 saturated carbocycles. The number of nitrogens with one attached hydrogen (secondary N) is 1. The molecule has 18 heavy (non-hydrogen) atoms. The molecule has 1 nitrogen and oxygen atoms in total. The van der Waals surface area contributed by atoms with Crippen molar-refractivity contribution >= 4 is 0 Å². The van der Waals surface area contributed by atoms with E-state index in [9.17, 15) is 4.39 Å². The van der Waals surface area contributed by atoms with Crippen LogP contribution < -0.4 is 5.32 Å². The Labute approximate surface area is 108 Å². The summed E-state index contributed by atoms with van der Waals surface area (Å²) in [5, 5.41) is 3.30. The average molecular weight is 243 g/mol. The second-order valence-corrected chi connectivity index (χ2v) is 4.53. The fraction of sp³-hybridized carbons (Fsp3) is 0.250. The highest BCUT2D eigenvalue weighted by molar-refractivity contribution is 5.30. The molecular formula is C16H18FN. The Balaban J connectivity index is 2.23. The first-order valence-corrected chi connectivity index (χ1v) is 6.18. The number of hydrogen-bond acceptors (Lipinski definition) is 1. The molecule has 0 bridgehead atoms. The lowest BCUT2D eigenvalue weighted by Gasteiger charge is -2.19. The first kappa shape index (κ1) is 12.8. The average Bonchev–Trinajstić information content (AvgIpc) is 2.37. The third-order valence-corrected chi connectivity index (χ3v) is 3.24. The maximum atomic E-state index is 13.2. The Hall–Kier alpha value is -1.67. The fourth-order valence-electron chi connectivity index (χ4n) is 2.24. The van der Waals surface area contributed by atoms with Crippen molar-refractivity contribution in [2.24, 2.45) is 0 Å². The highest BCUT2D eigenvalue weighted by Crippen LogP contribution is 2.21. The molecule has 0 amide bonds. The van der Waals surface area contributed by atoms with Gasteiger partial charge in [-0.05, 0) is 49.2 Å². The molecule has 0 saturated heterocycles. The summed E-state index contributed by atoms with van der Waals surface area (Å²) in [6.45, 7) is 2.10. The van der Waals surface area contributed by atoms with Gasteiger partial charge in [-0.25, -0.2) is 4.39 Å². The van der Waals surface area contributed by atoms with Gasteiger partial charge in [0.2, 0.25) is 0 Å². The van der Waals surface area contributed by atoms with Crippen LogP contribution in [0.5, 0.6) is 0 Å². The van der Waals surface area contributed by atoms with Gasteiger partial charge in [-0.3, -0.25) is 0 Å². The van der Waals surface area contributed by atoms with Crippen LogP contribution in [0.15, 0.2) is 48.5 Å². The van der Waals surface area contributed by atoms with Crippen LogP contribution in [0.2, 0.25) is 0 Å². The van der Waals surface area contributed by atoms with E-state index in [1.807, 2.05) is 25.2 Å². The van der Waals surface area contributed by atoms with Crippen molar-refractivity contribution < 1.29 is 4.39 Å². The summed E-state index contributed by atoms with van der Waals surface area (Å²) < 4.78 is 13.2. The molecule has 0 heterocycles. The van der Waals surface area contributed by atoms with E-state index in [-0.39, 0.29) is 11.9 Å². The van der Waals surface area contributed by atoms with Gasteiger partial charge in [0.05, 0.1) is 0 Å². The molecular weight excluding hydrogens is 225 g/mol. The number of hydrogen-bond donors (Lipinski definition) is 1. The highest BCUT2D eigenvalue weighted by atomic mass is 19.1. The molecule has 94 valence electrons. The zero-order chi connectivity index (χ0) is 13.0. The van der Waals surface area contributed by atoms with E-state index in [1.165, 1.54) is 17.2 Å².